The predicted molar refractivity (Wildman–Crippen MR) is 328 cm³/mol. The number of aromatic hydroxyl groups is 1. The van der Waals surface area contributed by atoms with Crippen LogP contribution in [0.2, 0.25) is 0 Å². The number of hydrogen-bond donors (Lipinski definition) is 3. The van der Waals surface area contributed by atoms with E-state index in [-0.39, 0.29) is 96.6 Å². The number of aliphatic hydroxyl groups excluding tert-OH is 1. The Morgan fingerprint density at radius 2 is 1.74 bits per heavy atom. The van der Waals surface area contributed by atoms with Gasteiger partial charge in [0.25, 0.3) is 0 Å². The van der Waals surface area contributed by atoms with E-state index in [1.54, 1.807) is 40.6 Å². The van der Waals surface area contributed by atoms with Crippen LogP contribution in [0.3, 0.4) is 0 Å². The van der Waals surface area contributed by atoms with Crippen LogP contribution in [0.15, 0.2) is 76.9 Å². The average molecular weight is 1190 g/mol. The van der Waals surface area contributed by atoms with Crippen LogP contribution in [0.1, 0.15) is 127 Å². The summed E-state index contributed by atoms with van der Waals surface area (Å²) in [6.07, 6.45) is 8.92. The number of likely N-dealkylation sites (tertiary alicyclic amines) is 1. The number of rotatable bonds is 16. The number of phenolic OH excluding ortho intramolecular Hbond substituents is 1. The van der Waals surface area contributed by atoms with Gasteiger partial charge in [-0.2, -0.15) is 9.97 Å². The normalized spacial score (nSPS) is 22.6. The van der Waals surface area contributed by atoms with Gasteiger partial charge >= 0.3 is 12.1 Å². The summed E-state index contributed by atoms with van der Waals surface area (Å²) in [6.45, 7) is 15.9. The maximum Gasteiger partial charge on any atom is 0.409 e. The van der Waals surface area contributed by atoms with Crippen LogP contribution >= 0.6 is 11.3 Å². The van der Waals surface area contributed by atoms with Crippen LogP contribution < -0.4 is 19.9 Å². The summed E-state index contributed by atoms with van der Waals surface area (Å²) in [5, 5.41) is 31.4. The molecule has 3 aromatic carbocycles. The number of halogens is 1. The highest BCUT2D eigenvalue weighted by atomic mass is 32.1. The lowest BCUT2D eigenvalue weighted by atomic mass is 9.91. The fraction of sp³-hybridized carbons (Fsp3) is 0.508. The zero-order valence-electron chi connectivity index (χ0n) is 50.0. The first-order valence-corrected chi connectivity index (χ1v) is 31.7. The lowest BCUT2D eigenvalue weighted by Crippen LogP contribution is -2.54. The standard InChI is InChI=1S/C65H78FN11O8S/c1-7-42-14-12-15-45-28-47(78)29-49(55(42)45)57-56(66)58-50(32-67-57)60(73-23-10-8-9-11-24-73)71-63(70-58)84-36-65-21-13-25-77(65)46(20-22-65)35-83-64(82)74-26-27-75(39(4)33-74)53-31-52(85-72-53)54(38(2)3)62(81)76-34-48(79)30-51(76)61(80)69-40(5)43-16-18-44(19-17-43)59-41(6)68-37-86-59/h12,14-19,28-29,31-32,37-40,46,48,51,54,78-79H,7-11,13,20-27,30,33-36H2,1-6H3,(H,69,80)/t39-,40+,46+,48-,51+,54-,65+/m1/s1. The number of nitrogens with zero attached hydrogens (tertiary/aromatic N) is 10. The number of phenols is 1. The van der Waals surface area contributed by atoms with E-state index in [1.807, 2.05) is 82.6 Å². The lowest BCUT2D eigenvalue weighted by molar-refractivity contribution is -0.141. The summed E-state index contributed by atoms with van der Waals surface area (Å²) in [7, 11) is 0. The molecule has 3 amide bonds. The molecule has 5 saturated heterocycles. The number of pyridine rings is 1. The molecule has 86 heavy (non-hydrogen) atoms. The molecule has 4 aromatic heterocycles. The van der Waals surface area contributed by atoms with Gasteiger partial charge in [-0.15, -0.1) is 11.3 Å². The number of carbonyl (C=O) groups is 3. The van der Waals surface area contributed by atoms with E-state index in [0.29, 0.717) is 48.0 Å². The third-order valence-electron chi connectivity index (χ3n) is 18.7. The Hall–Kier alpha value is -7.49. The molecule has 7 aromatic rings. The Balaban J connectivity index is 0.674. The SMILES string of the molecule is CCc1cccc2cc(O)cc(-c3ncc4c(N5CCCCCC5)nc(OC[C@@]56CCCN5[C@H](COC(=O)N5CCN(c7cc([C@H](C(=O)N8C[C@H](O)C[C@H]8C(=O)N[C@@H](C)c8ccc(-c9scnc9C)cc8)C(C)C)on7)[C@H](C)C5)CC6)nc4c3F)c12. The van der Waals surface area contributed by atoms with Gasteiger partial charge in [-0.3, -0.25) is 19.5 Å². The second-order valence-electron chi connectivity index (χ2n) is 24.7. The minimum Gasteiger partial charge on any atom is -0.508 e. The Kier molecular flexibility index (Phi) is 16.9. The molecular formula is C65H78FN11O8S. The van der Waals surface area contributed by atoms with Crippen molar-refractivity contribution < 1.29 is 43.0 Å². The Labute approximate surface area is 504 Å². The summed E-state index contributed by atoms with van der Waals surface area (Å²) >= 11 is 1.58. The van der Waals surface area contributed by atoms with Crippen LogP contribution in [0.5, 0.6) is 11.8 Å². The Bertz CT molecular complexity index is 3630. The quantitative estimate of drug-likeness (QED) is 0.0820. The number of benzene rings is 3. The molecule has 0 bridgehead atoms. The summed E-state index contributed by atoms with van der Waals surface area (Å²) in [5.41, 5.74) is 6.18. The molecule has 9 heterocycles. The maximum atomic E-state index is 17.3. The van der Waals surface area contributed by atoms with Crippen LogP contribution in [0, 0.1) is 18.7 Å². The van der Waals surface area contributed by atoms with Crippen molar-refractivity contribution in [2.75, 3.05) is 68.8 Å². The van der Waals surface area contributed by atoms with Crippen molar-refractivity contribution in [3.63, 3.8) is 0 Å². The molecule has 12 rings (SSSR count). The smallest absolute Gasteiger partial charge is 0.409 e. The van der Waals surface area contributed by atoms with Crippen LogP contribution in [-0.2, 0) is 20.7 Å². The highest BCUT2D eigenvalue weighted by molar-refractivity contribution is 7.13. The van der Waals surface area contributed by atoms with Gasteiger partial charge < -0.3 is 49.1 Å². The van der Waals surface area contributed by atoms with Crippen LogP contribution in [-0.4, -0.2) is 157 Å². The van der Waals surface area contributed by atoms with Gasteiger partial charge in [0, 0.05) is 75.6 Å². The van der Waals surface area contributed by atoms with Crippen molar-refractivity contribution in [3.8, 4) is 33.5 Å². The number of aliphatic hydroxyl groups is 1. The van der Waals surface area contributed by atoms with Crippen molar-refractivity contribution in [3.05, 3.63) is 101 Å². The van der Waals surface area contributed by atoms with E-state index in [2.05, 4.69) is 37.1 Å². The summed E-state index contributed by atoms with van der Waals surface area (Å²) < 4.78 is 36.0. The minimum atomic E-state index is -0.868. The number of nitrogens with one attached hydrogen (secondary N) is 1. The lowest BCUT2D eigenvalue weighted by Gasteiger charge is -2.39. The first kappa shape index (κ1) is 58.9. The molecule has 19 nitrogen and oxygen atoms in total. The molecule has 21 heteroatoms. The van der Waals surface area contributed by atoms with Gasteiger partial charge in [-0.25, -0.2) is 14.2 Å². The largest absolute Gasteiger partial charge is 0.508 e. The number of β-amino-alcohol motifs (C(OH)–C–C–N with tert-alkyl or cyclic N) is 1. The van der Waals surface area contributed by atoms with Gasteiger partial charge in [0.15, 0.2) is 17.4 Å². The third kappa shape index (κ3) is 11.5. The van der Waals surface area contributed by atoms with E-state index in [1.165, 1.54) is 4.90 Å². The molecule has 5 fully saturated rings. The summed E-state index contributed by atoms with van der Waals surface area (Å²) in [6, 6.07) is 17.7. The van der Waals surface area contributed by atoms with Gasteiger partial charge in [0.2, 0.25) is 11.8 Å². The maximum absolute atomic E-state index is 17.3. The first-order chi connectivity index (χ1) is 41.6. The fourth-order valence-electron chi connectivity index (χ4n) is 14.2. The number of fused-ring (bicyclic) bond motifs is 3. The average Bonchev–Trinajstić information content (AvgIpc) is 2.74. The zero-order chi connectivity index (χ0) is 60.0. The van der Waals surface area contributed by atoms with Gasteiger partial charge in [-0.05, 0) is 118 Å². The minimum absolute atomic E-state index is 0.0186. The van der Waals surface area contributed by atoms with Crippen molar-refractivity contribution in [2.24, 2.45) is 5.92 Å². The monoisotopic (exact) mass is 1190 g/mol. The molecule has 3 N–H and O–H groups in total. The highest BCUT2D eigenvalue weighted by Gasteiger charge is 2.51. The van der Waals surface area contributed by atoms with Crippen molar-refractivity contribution >= 4 is 62.6 Å². The van der Waals surface area contributed by atoms with Crippen molar-refractivity contribution in [1.29, 1.82) is 0 Å². The number of amides is 3. The molecule has 5 aliphatic heterocycles. The molecule has 7 atom stereocenters. The Morgan fingerprint density at radius 3 is 2.49 bits per heavy atom. The molecule has 0 saturated carbocycles. The second kappa shape index (κ2) is 24.7. The number of aromatic nitrogens is 5. The summed E-state index contributed by atoms with van der Waals surface area (Å²) in [5.74, 6) is -0.685. The predicted octanol–water partition coefficient (Wildman–Crippen LogP) is 10.4. The van der Waals surface area contributed by atoms with Crippen LogP contribution in [0.4, 0.5) is 20.8 Å². The first-order valence-electron chi connectivity index (χ1n) is 30.8. The van der Waals surface area contributed by atoms with E-state index < -0.39 is 23.9 Å². The molecule has 454 valence electrons. The van der Waals surface area contributed by atoms with Gasteiger partial charge in [0.05, 0.1) is 39.2 Å². The Morgan fingerprint density at radius 1 is 0.942 bits per heavy atom. The van der Waals surface area contributed by atoms with Crippen LogP contribution in [0.25, 0.3) is 43.4 Å². The molecule has 0 radical (unpaired) electrons. The number of anilines is 2. The van der Waals surface area contributed by atoms with Crippen molar-refractivity contribution in [1.82, 2.24) is 45.1 Å². The topological polar surface area (TPSA) is 216 Å². The molecule has 5 aliphatic rings. The van der Waals surface area contributed by atoms with E-state index >= 15 is 4.39 Å². The number of thiazole rings is 1. The molecular weight excluding hydrogens is 1110 g/mol. The number of carbonyl (C=O) groups excluding carboxylic acids is 3. The van der Waals surface area contributed by atoms with E-state index in [0.717, 1.165) is 115 Å². The summed E-state index contributed by atoms with van der Waals surface area (Å²) in [4.78, 5) is 72.2. The fourth-order valence-corrected chi connectivity index (χ4v) is 15.0. The third-order valence-corrected chi connectivity index (χ3v) is 19.7. The molecule has 0 unspecified atom stereocenters. The number of hydrogen-bond acceptors (Lipinski definition) is 17. The number of ether oxygens (including phenoxy) is 2. The zero-order valence-corrected chi connectivity index (χ0v) is 50.8. The molecule has 0 spiro atoms. The van der Waals surface area contributed by atoms with E-state index in [9.17, 15) is 24.6 Å². The number of piperazine rings is 1. The molecule has 0 aliphatic carbocycles. The number of aryl methyl sites for hydroxylation is 2. The highest BCUT2D eigenvalue weighted by Crippen LogP contribution is 2.44. The van der Waals surface area contributed by atoms with E-state index in [4.69, 9.17) is 28.9 Å². The second-order valence-corrected chi connectivity index (χ2v) is 25.5. The van der Waals surface area contributed by atoms with Crippen molar-refractivity contribution in [2.45, 2.75) is 147 Å². The van der Waals surface area contributed by atoms with Gasteiger partial charge in [0.1, 0.15) is 48.0 Å². The van der Waals surface area contributed by atoms with Gasteiger partial charge in [-0.1, -0.05) is 81.2 Å².